The summed E-state index contributed by atoms with van der Waals surface area (Å²) in [6.45, 7) is 4.92. The summed E-state index contributed by atoms with van der Waals surface area (Å²) in [5.41, 5.74) is 1.06. The summed E-state index contributed by atoms with van der Waals surface area (Å²) in [5.74, 6) is 1.73. The van der Waals surface area contributed by atoms with Gasteiger partial charge in [-0.3, -0.25) is 0 Å². The summed E-state index contributed by atoms with van der Waals surface area (Å²) >= 11 is 3.40. The monoisotopic (exact) mass is 338 g/mol. The second-order valence-corrected chi connectivity index (χ2v) is 6.13. The van der Waals surface area contributed by atoms with E-state index in [0.717, 1.165) is 54.2 Å². The Morgan fingerprint density at radius 2 is 2.15 bits per heavy atom. The molecule has 2 heterocycles. The van der Waals surface area contributed by atoms with Crippen LogP contribution in [0.15, 0.2) is 23.1 Å². The second-order valence-electron chi connectivity index (χ2n) is 5.32. The van der Waals surface area contributed by atoms with E-state index in [1.165, 1.54) is 0 Å². The number of ether oxygens (including phenoxy) is 1. The fourth-order valence-corrected chi connectivity index (χ4v) is 3.31. The van der Waals surface area contributed by atoms with Gasteiger partial charge >= 0.3 is 0 Å². The van der Waals surface area contributed by atoms with E-state index in [1.807, 2.05) is 0 Å². The first-order valence-electron chi connectivity index (χ1n) is 6.95. The minimum Gasteiger partial charge on any atom is -0.381 e. The molecule has 1 aromatic rings. The molecule has 1 aliphatic carbocycles. The molecule has 5 nitrogen and oxygen atoms in total. The predicted molar refractivity (Wildman–Crippen MR) is 82.9 cm³/mol. The van der Waals surface area contributed by atoms with Crippen LogP contribution in [0.5, 0.6) is 0 Å². The number of nitrogens with one attached hydrogen (secondary N) is 1. The molecule has 1 saturated carbocycles. The molecule has 1 aromatic heterocycles. The molecule has 0 unspecified atom stereocenters. The molecule has 20 heavy (non-hydrogen) atoms. The Kier molecular flexibility index (Phi) is 3.94. The highest BCUT2D eigenvalue weighted by Gasteiger charge is 2.32. The van der Waals surface area contributed by atoms with Gasteiger partial charge in [0.1, 0.15) is 4.60 Å². The van der Waals surface area contributed by atoms with Crippen molar-refractivity contribution in [3.63, 3.8) is 0 Å². The molecule has 0 radical (unpaired) electrons. The van der Waals surface area contributed by atoms with Crippen molar-refractivity contribution in [1.29, 1.82) is 0 Å². The van der Waals surface area contributed by atoms with Crippen LogP contribution < -0.4 is 10.2 Å². The van der Waals surface area contributed by atoms with Crippen molar-refractivity contribution in [1.82, 2.24) is 9.97 Å². The SMILES string of the molecule is C=C1CNc2ncc(Br)nc2N1C1CCC(OC)CC1. The van der Waals surface area contributed by atoms with E-state index in [9.17, 15) is 0 Å². The van der Waals surface area contributed by atoms with Crippen molar-refractivity contribution in [2.75, 3.05) is 23.9 Å². The van der Waals surface area contributed by atoms with Crippen molar-refractivity contribution in [2.45, 2.75) is 37.8 Å². The fourth-order valence-electron chi connectivity index (χ4n) is 3.04. The molecule has 6 heteroatoms. The van der Waals surface area contributed by atoms with Gasteiger partial charge in [0.05, 0.1) is 18.8 Å². The Labute approximate surface area is 127 Å². The molecule has 0 bridgehead atoms. The number of aromatic nitrogens is 2. The number of halogens is 1. The van der Waals surface area contributed by atoms with Gasteiger partial charge in [0.2, 0.25) is 0 Å². The van der Waals surface area contributed by atoms with Crippen molar-refractivity contribution < 1.29 is 4.74 Å². The van der Waals surface area contributed by atoms with Gasteiger partial charge in [-0.25, -0.2) is 9.97 Å². The molecular formula is C14H19BrN4O. The largest absolute Gasteiger partial charge is 0.381 e. The third kappa shape index (κ3) is 2.54. The van der Waals surface area contributed by atoms with Crippen LogP contribution in [0.1, 0.15) is 25.7 Å². The van der Waals surface area contributed by atoms with E-state index < -0.39 is 0 Å². The van der Waals surface area contributed by atoms with Gasteiger partial charge in [-0.05, 0) is 41.6 Å². The highest BCUT2D eigenvalue weighted by molar-refractivity contribution is 9.10. The zero-order chi connectivity index (χ0) is 14.1. The summed E-state index contributed by atoms with van der Waals surface area (Å²) in [4.78, 5) is 11.2. The maximum Gasteiger partial charge on any atom is 0.177 e. The topological polar surface area (TPSA) is 50.3 Å². The van der Waals surface area contributed by atoms with Gasteiger partial charge in [0, 0.05) is 18.8 Å². The molecule has 0 aromatic carbocycles. The smallest absolute Gasteiger partial charge is 0.177 e. The number of hydrogen-bond donors (Lipinski definition) is 1. The molecule has 2 aliphatic rings. The first kappa shape index (κ1) is 13.8. The Bertz CT molecular complexity index is 514. The highest BCUT2D eigenvalue weighted by Crippen LogP contribution is 2.36. The first-order chi connectivity index (χ1) is 9.69. The van der Waals surface area contributed by atoms with Gasteiger partial charge in [-0.2, -0.15) is 0 Å². The van der Waals surface area contributed by atoms with Crippen LogP contribution in [0.2, 0.25) is 0 Å². The minimum absolute atomic E-state index is 0.399. The van der Waals surface area contributed by atoms with Gasteiger partial charge in [-0.1, -0.05) is 6.58 Å². The van der Waals surface area contributed by atoms with Gasteiger partial charge in [-0.15, -0.1) is 0 Å². The third-order valence-electron chi connectivity index (χ3n) is 4.10. The van der Waals surface area contributed by atoms with Crippen molar-refractivity contribution >= 4 is 27.6 Å². The average Bonchev–Trinajstić information content (AvgIpc) is 2.47. The molecule has 0 atom stereocenters. The number of rotatable bonds is 2. The molecule has 108 valence electrons. The minimum atomic E-state index is 0.399. The van der Waals surface area contributed by atoms with E-state index in [-0.39, 0.29) is 0 Å². The second kappa shape index (κ2) is 5.69. The maximum absolute atomic E-state index is 5.45. The fraction of sp³-hybridized carbons (Fsp3) is 0.571. The van der Waals surface area contributed by atoms with Crippen LogP contribution >= 0.6 is 15.9 Å². The lowest BCUT2D eigenvalue weighted by Gasteiger charge is -2.41. The molecule has 3 rings (SSSR count). The van der Waals surface area contributed by atoms with Gasteiger partial charge < -0.3 is 15.0 Å². The quantitative estimate of drug-likeness (QED) is 0.898. The maximum atomic E-state index is 5.45. The van der Waals surface area contributed by atoms with Crippen LogP contribution in [0.4, 0.5) is 11.6 Å². The molecule has 0 amide bonds. The van der Waals surface area contributed by atoms with Crippen molar-refractivity contribution in [3.8, 4) is 0 Å². The zero-order valence-corrected chi connectivity index (χ0v) is 13.2. The number of hydrogen-bond acceptors (Lipinski definition) is 5. The normalized spacial score (nSPS) is 26.1. The van der Waals surface area contributed by atoms with Crippen molar-refractivity contribution in [2.24, 2.45) is 0 Å². The van der Waals surface area contributed by atoms with Gasteiger partial charge in [0.25, 0.3) is 0 Å². The summed E-state index contributed by atoms with van der Waals surface area (Å²) < 4.78 is 6.21. The molecule has 1 aliphatic heterocycles. The third-order valence-corrected chi connectivity index (χ3v) is 4.48. The molecule has 1 N–H and O–H groups in total. The highest BCUT2D eigenvalue weighted by atomic mass is 79.9. The Morgan fingerprint density at radius 3 is 2.85 bits per heavy atom. The number of anilines is 2. The molecule has 0 saturated heterocycles. The number of methoxy groups -OCH3 is 1. The van der Waals surface area contributed by atoms with Gasteiger partial charge in [0.15, 0.2) is 11.6 Å². The van der Waals surface area contributed by atoms with E-state index >= 15 is 0 Å². The summed E-state index contributed by atoms with van der Waals surface area (Å²) in [6, 6.07) is 0.443. The molecular weight excluding hydrogens is 320 g/mol. The van der Waals surface area contributed by atoms with Crippen LogP contribution in [-0.2, 0) is 4.74 Å². The van der Waals surface area contributed by atoms with E-state index in [4.69, 9.17) is 4.74 Å². The molecule has 1 fully saturated rings. The predicted octanol–water partition coefficient (Wildman–Crippen LogP) is 2.94. The average molecular weight is 339 g/mol. The lowest BCUT2D eigenvalue weighted by Crippen LogP contribution is -2.43. The standard InChI is InChI=1S/C14H19BrN4O/c1-9-7-16-13-14(18-12(15)8-17-13)19(9)10-3-5-11(20-2)6-4-10/h8,10-11H,1,3-7H2,2H3,(H,16,17). The van der Waals surface area contributed by atoms with E-state index in [0.29, 0.717) is 12.1 Å². The van der Waals surface area contributed by atoms with Crippen LogP contribution in [-0.4, -0.2) is 35.8 Å². The van der Waals surface area contributed by atoms with Crippen molar-refractivity contribution in [3.05, 3.63) is 23.1 Å². The Balaban J connectivity index is 1.86. The van der Waals surface area contributed by atoms with E-state index in [1.54, 1.807) is 13.3 Å². The number of nitrogens with zero attached hydrogens (tertiary/aromatic N) is 3. The van der Waals surface area contributed by atoms with Crippen LogP contribution in [0, 0.1) is 0 Å². The Morgan fingerprint density at radius 1 is 1.40 bits per heavy atom. The summed E-state index contributed by atoms with van der Waals surface area (Å²) in [6.07, 6.45) is 6.51. The summed E-state index contributed by atoms with van der Waals surface area (Å²) in [5, 5.41) is 3.27. The molecule has 0 spiro atoms. The number of fused-ring (bicyclic) bond motifs is 1. The lowest BCUT2D eigenvalue weighted by atomic mass is 9.91. The first-order valence-corrected chi connectivity index (χ1v) is 7.74. The van der Waals surface area contributed by atoms with E-state index in [2.05, 4.69) is 42.7 Å². The van der Waals surface area contributed by atoms with Crippen LogP contribution in [0.3, 0.4) is 0 Å². The lowest BCUT2D eigenvalue weighted by molar-refractivity contribution is 0.0660. The zero-order valence-electron chi connectivity index (χ0n) is 11.6. The van der Waals surface area contributed by atoms with Crippen LogP contribution in [0.25, 0.3) is 0 Å². The summed E-state index contributed by atoms with van der Waals surface area (Å²) in [7, 11) is 1.80. The Hall–Kier alpha value is -1.14.